The van der Waals surface area contributed by atoms with Crippen LogP contribution in [0.15, 0.2) is 18.3 Å². The van der Waals surface area contributed by atoms with Gasteiger partial charge >= 0.3 is 5.97 Å². The van der Waals surface area contributed by atoms with Crippen LogP contribution < -0.4 is 5.32 Å². The molecule has 0 radical (unpaired) electrons. The molecule has 1 N–H and O–H groups in total. The number of esters is 1. The van der Waals surface area contributed by atoms with E-state index < -0.39 is 0 Å². The molecule has 1 fully saturated rings. The fourth-order valence-corrected chi connectivity index (χ4v) is 2.63. The number of likely N-dealkylation sites (tertiary alicyclic amines) is 1. The van der Waals surface area contributed by atoms with E-state index in [2.05, 4.69) is 10.3 Å². The molecule has 1 aliphatic heterocycles. The third-order valence-corrected chi connectivity index (χ3v) is 3.83. The van der Waals surface area contributed by atoms with Crippen LogP contribution in [-0.2, 0) is 20.9 Å². The fraction of sp³-hybridized carbons (Fsp3) is 0.500. The molecule has 0 aliphatic carbocycles. The molecule has 7 heteroatoms. The van der Waals surface area contributed by atoms with Gasteiger partial charge in [0, 0.05) is 31.8 Å². The molecule has 1 atom stereocenters. The molecule has 2 heterocycles. The molecule has 0 spiro atoms. The lowest BCUT2D eigenvalue weighted by molar-refractivity contribution is -0.146. The highest BCUT2D eigenvalue weighted by Gasteiger charge is 2.29. The number of amides is 2. The van der Waals surface area contributed by atoms with Crippen molar-refractivity contribution in [1.29, 1.82) is 0 Å². The van der Waals surface area contributed by atoms with Crippen LogP contribution in [0.1, 0.15) is 35.8 Å². The van der Waals surface area contributed by atoms with Gasteiger partial charge in [-0.2, -0.15) is 0 Å². The second-order valence-corrected chi connectivity index (χ2v) is 5.56. The standard InChI is InChI=1S/C16H21N3O4/c1-11(20)18-9-14-8-12(5-6-17-14)15(21)19-7-3-4-13(10-19)16(22)23-2/h5-6,8,13H,3-4,7,9-10H2,1-2H3,(H,18,20). The van der Waals surface area contributed by atoms with Gasteiger partial charge in [-0.15, -0.1) is 0 Å². The van der Waals surface area contributed by atoms with E-state index in [1.165, 1.54) is 14.0 Å². The summed E-state index contributed by atoms with van der Waals surface area (Å²) in [5, 5.41) is 2.65. The van der Waals surface area contributed by atoms with Crippen LogP contribution in [0.25, 0.3) is 0 Å². The summed E-state index contributed by atoms with van der Waals surface area (Å²) in [6.45, 7) is 2.70. The van der Waals surface area contributed by atoms with Crippen LogP contribution in [0.5, 0.6) is 0 Å². The molecule has 1 unspecified atom stereocenters. The number of carbonyl (C=O) groups is 3. The number of nitrogens with one attached hydrogen (secondary N) is 1. The highest BCUT2D eigenvalue weighted by Crippen LogP contribution is 2.19. The Hall–Kier alpha value is -2.44. The monoisotopic (exact) mass is 319 g/mol. The third kappa shape index (κ3) is 4.51. The van der Waals surface area contributed by atoms with Gasteiger partial charge in [-0.3, -0.25) is 19.4 Å². The van der Waals surface area contributed by atoms with Crippen LogP contribution in [0, 0.1) is 5.92 Å². The fourth-order valence-electron chi connectivity index (χ4n) is 2.63. The number of hydrogen-bond donors (Lipinski definition) is 1. The van der Waals surface area contributed by atoms with Crippen LogP contribution in [0.4, 0.5) is 0 Å². The first-order valence-electron chi connectivity index (χ1n) is 7.57. The molecule has 1 aliphatic rings. The van der Waals surface area contributed by atoms with Crippen molar-refractivity contribution in [2.75, 3.05) is 20.2 Å². The van der Waals surface area contributed by atoms with Gasteiger partial charge < -0.3 is 15.0 Å². The zero-order valence-corrected chi connectivity index (χ0v) is 13.4. The first-order chi connectivity index (χ1) is 11.0. The molecule has 1 saturated heterocycles. The third-order valence-electron chi connectivity index (χ3n) is 3.83. The highest BCUT2D eigenvalue weighted by molar-refractivity contribution is 5.94. The second kappa shape index (κ2) is 7.71. The van der Waals surface area contributed by atoms with E-state index in [0.29, 0.717) is 24.3 Å². The van der Waals surface area contributed by atoms with E-state index in [1.54, 1.807) is 23.2 Å². The Balaban J connectivity index is 2.06. The minimum atomic E-state index is -0.274. The smallest absolute Gasteiger partial charge is 0.310 e. The zero-order chi connectivity index (χ0) is 16.8. The molecule has 1 aromatic rings. The van der Waals surface area contributed by atoms with Gasteiger partial charge in [0.2, 0.25) is 5.91 Å². The Morgan fingerprint density at radius 2 is 2.22 bits per heavy atom. The number of pyridine rings is 1. The van der Waals surface area contributed by atoms with E-state index in [9.17, 15) is 14.4 Å². The summed E-state index contributed by atoms with van der Waals surface area (Å²) in [6, 6.07) is 3.31. The van der Waals surface area contributed by atoms with Gasteiger partial charge in [0.15, 0.2) is 0 Å². The molecule has 1 aromatic heterocycles. The number of ether oxygens (including phenoxy) is 1. The molecule has 23 heavy (non-hydrogen) atoms. The van der Waals surface area contributed by atoms with Crippen LogP contribution in [0.2, 0.25) is 0 Å². The maximum atomic E-state index is 12.6. The average molecular weight is 319 g/mol. The number of nitrogens with zero attached hydrogens (tertiary/aromatic N) is 2. The van der Waals surface area contributed by atoms with E-state index in [0.717, 1.165) is 12.8 Å². The Bertz CT molecular complexity index is 603. The largest absolute Gasteiger partial charge is 0.469 e. The summed E-state index contributed by atoms with van der Waals surface area (Å²) in [6.07, 6.45) is 3.06. The summed E-state index contributed by atoms with van der Waals surface area (Å²) in [5.41, 5.74) is 1.12. The molecule has 0 bridgehead atoms. The molecule has 7 nitrogen and oxygen atoms in total. The molecular weight excluding hydrogens is 298 g/mol. The number of carbonyl (C=O) groups excluding carboxylic acids is 3. The second-order valence-electron chi connectivity index (χ2n) is 5.56. The predicted octanol–water partition coefficient (Wildman–Crippen LogP) is 0.743. The summed E-state index contributed by atoms with van der Waals surface area (Å²) in [4.78, 5) is 41.0. The van der Waals surface area contributed by atoms with Crippen molar-refractivity contribution < 1.29 is 19.1 Å². The number of rotatable bonds is 4. The van der Waals surface area contributed by atoms with Crippen molar-refractivity contribution in [1.82, 2.24) is 15.2 Å². The van der Waals surface area contributed by atoms with E-state index in [-0.39, 0.29) is 30.2 Å². The van der Waals surface area contributed by atoms with E-state index in [1.807, 2.05) is 0 Å². The maximum Gasteiger partial charge on any atom is 0.310 e. The van der Waals surface area contributed by atoms with Crippen molar-refractivity contribution in [2.45, 2.75) is 26.3 Å². The normalized spacial score (nSPS) is 17.5. The van der Waals surface area contributed by atoms with Crippen molar-refractivity contribution in [3.8, 4) is 0 Å². The molecule has 0 aromatic carbocycles. The van der Waals surface area contributed by atoms with E-state index in [4.69, 9.17) is 4.74 Å². The van der Waals surface area contributed by atoms with Crippen molar-refractivity contribution >= 4 is 17.8 Å². The first-order valence-corrected chi connectivity index (χ1v) is 7.57. The van der Waals surface area contributed by atoms with Crippen molar-refractivity contribution in [2.24, 2.45) is 5.92 Å². The minimum Gasteiger partial charge on any atom is -0.469 e. The van der Waals surface area contributed by atoms with Gasteiger partial charge in [0.25, 0.3) is 5.91 Å². The van der Waals surface area contributed by atoms with Crippen LogP contribution in [0.3, 0.4) is 0 Å². The molecule has 2 rings (SSSR count). The lowest BCUT2D eigenvalue weighted by atomic mass is 9.97. The average Bonchev–Trinajstić information content (AvgIpc) is 2.59. The lowest BCUT2D eigenvalue weighted by Gasteiger charge is -2.31. The first kappa shape index (κ1) is 16.9. The molecule has 124 valence electrons. The Kier molecular flexibility index (Phi) is 5.67. The Morgan fingerprint density at radius 1 is 1.43 bits per heavy atom. The highest BCUT2D eigenvalue weighted by atomic mass is 16.5. The molecular formula is C16H21N3O4. The summed E-state index contributed by atoms with van der Waals surface area (Å²) < 4.78 is 4.77. The summed E-state index contributed by atoms with van der Waals surface area (Å²) in [7, 11) is 1.36. The molecule has 2 amide bonds. The van der Waals surface area contributed by atoms with Gasteiger partial charge in [-0.1, -0.05) is 0 Å². The summed E-state index contributed by atoms with van der Waals surface area (Å²) >= 11 is 0. The Morgan fingerprint density at radius 3 is 2.91 bits per heavy atom. The summed E-state index contributed by atoms with van der Waals surface area (Å²) in [5.74, 6) is -0.826. The van der Waals surface area contributed by atoms with Gasteiger partial charge in [-0.05, 0) is 25.0 Å². The van der Waals surface area contributed by atoms with Crippen molar-refractivity contribution in [3.05, 3.63) is 29.6 Å². The van der Waals surface area contributed by atoms with Crippen LogP contribution >= 0.6 is 0 Å². The van der Waals surface area contributed by atoms with Gasteiger partial charge in [0.05, 0.1) is 25.3 Å². The molecule has 0 saturated carbocycles. The lowest BCUT2D eigenvalue weighted by Crippen LogP contribution is -2.42. The predicted molar refractivity (Wildman–Crippen MR) is 82.4 cm³/mol. The number of hydrogen-bond acceptors (Lipinski definition) is 5. The van der Waals surface area contributed by atoms with Crippen molar-refractivity contribution in [3.63, 3.8) is 0 Å². The van der Waals surface area contributed by atoms with Crippen LogP contribution in [-0.4, -0.2) is 47.9 Å². The van der Waals surface area contributed by atoms with Gasteiger partial charge in [0.1, 0.15) is 0 Å². The zero-order valence-electron chi connectivity index (χ0n) is 13.4. The number of piperidine rings is 1. The maximum absolute atomic E-state index is 12.6. The Labute approximate surface area is 135 Å². The number of methoxy groups -OCH3 is 1. The SMILES string of the molecule is COC(=O)C1CCCN(C(=O)c2ccnc(CNC(C)=O)c2)C1. The van der Waals surface area contributed by atoms with E-state index >= 15 is 0 Å². The topological polar surface area (TPSA) is 88.6 Å². The minimum absolute atomic E-state index is 0.134. The number of aromatic nitrogens is 1. The quantitative estimate of drug-likeness (QED) is 0.827. The van der Waals surface area contributed by atoms with Gasteiger partial charge in [-0.25, -0.2) is 0 Å².